The highest BCUT2D eigenvalue weighted by Crippen LogP contribution is 2.45. The molecule has 0 radical (unpaired) electrons. The first-order valence-electron chi connectivity index (χ1n) is 15.8. The zero-order valence-corrected chi connectivity index (χ0v) is 26.4. The monoisotopic (exact) mass is 616 g/mol. The van der Waals surface area contributed by atoms with E-state index in [4.69, 9.17) is 6.57 Å². The Labute approximate surface area is 277 Å². The van der Waals surface area contributed by atoms with Crippen LogP contribution in [0.5, 0.6) is 0 Å². The second-order valence-electron chi connectivity index (χ2n) is 12.2. The summed E-state index contributed by atoms with van der Waals surface area (Å²) in [7, 11) is 4.09. The molecule has 0 aliphatic heterocycles. The average Bonchev–Trinajstić information content (AvgIpc) is 3.90. The van der Waals surface area contributed by atoms with Crippen LogP contribution >= 0.6 is 0 Å². The summed E-state index contributed by atoms with van der Waals surface area (Å²) in [5, 5.41) is 15.5. The molecule has 226 valence electrons. The van der Waals surface area contributed by atoms with Crippen LogP contribution in [0.3, 0.4) is 0 Å². The van der Waals surface area contributed by atoms with Gasteiger partial charge in [0.25, 0.3) is 0 Å². The number of hydrogen-bond acceptors (Lipinski definition) is 1. The highest BCUT2D eigenvalue weighted by Gasteiger charge is 2.24. The molecular weight excluding hydrogens is 589 g/mol. The molecule has 9 rings (SSSR count). The maximum absolute atomic E-state index is 11.1. The predicted octanol–water partition coefficient (Wildman–Crippen LogP) is 10.3. The summed E-state index contributed by atoms with van der Waals surface area (Å²) in [6.07, 6.45) is 4.09. The van der Waals surface area contributed by atoms with Gasteiger partial charge in [-0.25, -0.2) is 4.85 Å². The van der Waals surface area contributed by atoms with Gasteiger partial charge >= 0.3 is 0 Å². The van der Waals surface area contributed by atoms with Gasteiger partial charge in [-0.3, -0.25) is 9.13 Å². The minimum absolute atomic E-state index is 0.482. The highest BCUT2D eigenvalue weighted by atomic mass is 15.1. The smallest absolute Gasteiger partial charge is 0.188 e. The van der Waals surface area contributed by atoms with Crippen LogP contribution in [0.1, 0.15) is 5.56 Å². The summed E-state index contributed by atoms with van der Waals surface area (Å²) in [4.78, 5) is 3.96. The molecule has 9 aromatic rings. The Hall–Kier alpha value is -6.76. The number of para-hydroxylation sites is 4. The predicted molar refractivity (Wildman–Crippen MR) is 195 cm³/mol. The Kier molecular flexibility index (Phi) is 5.96. The zero-order chi connectivity index (χ0) is 32.5. The first kappa shape index (κ1) is 27.5. The molecule has 0 amide bonds. The number of hydrogen-bond donors (Lipinski definition) is 0. The fourth-order valence-corrected chi connectivity index (χ4v) is 7.55. The Balaban J connectivity index is 1.42. The van der Waals surface area contributed by atoms with Crippen molar-refractivity contribution in [1.29, 1.82) is 5.26 Å². The van der Waals surface area contributed by atoms with Gasteiger partial charge in [0.1, 0.15) is 17.7 Å². The van der Waals surface area contributed by atoms with E-state index >= 15 is 0 Å². The Morgan fingerprint density at radius 3 is 1.42 bits per heavy atom. The molecule has 4 heterocycles. The lowest BCUT2D eigenvalue weighted by Gasteiger charge is -2.17. The van der Waals surface area contributed by atoms with E-state index in [1.54, 1.807) is 0 Å². The summed E-state index contributed by atoms with van der Waals surface area (Å²) in [5.41, 5.74) is 8.48. The standard InChI is InChI=1S/C42H28N6/c1-44-27-24-34(32-16-8-14-30-28-12-4-6-18-37(28)47(41(30)32)39-20-10-22-45(39)2)36(26-43)35(25-27)33-17-9-15-31-29-13-5-7-19-38(29)48(42(31)33)40-21-11-23-46(40)3/h4-25H,2-3H3. The first-order valence-corrected chi connectivity index (χ1v) is 15.8. The summed E-state index contributed by atoms with van der Waals surface area (Å²) in [6, 6.07) is 44.1. The molecule has 5 aromatic carbocycles. The molecule has 0 fully saturated rings. The lowest BCUT2D eigenvalue weighted by Crippen LogP contribution is -2.03. The lowest BCUT2D eigenvalue weighted by atomic mass is 9.90. The van der Waals surface area contributed by atoms with Crippen molar-refractivity contribution in [2.75, 3.05) is 0 Å². The Morgan fingerprint density at radius 2 is 1.00 bits per heavy atom. The van der Waals surface area contributed by atoms with E-state index in [9.17, 15) is 5.26 Å². The van der Waals surface area contributed by atoms with Crippen LogP contribution in [0.4, 0.5) is 5.69 Å². The Bertz CT molecular complexity index is 2660. The third kappa shape index (κ3) is 3.78. The minimum Gasteiger partial charge on any atom is -0.337 e. The first-order chi connectivity index (χ1) is 23.6. The van der Waals surface area contributed by atoms with E-state index in [0.717, 1.165) is 77.5 Å². The molecular formula is C42H28N6. The third-order valence-corrected chi connectivity index (χ3v) is 9.62. The SMILES string of the molecule is [C-]#[N+]c1cc(-c2cccc3c4ccccc4n(-c4cccn4C)c23)c(C#N)c(-c2cccc3c4ccccc4n(-c4cccn4C)c23)c1. The van der Waals surface area contributed by atoms with Gasteiger partial charge in [0.2, 0.25) is 0 Å². The van der Waals surface area contributed by atoms with Crippen molar-refractivity contribution in [1.82, 2.24) is 18.3 Å². The van der Waals surface area contributed by atoms with Gasteiger partial charge in [-0.15, -0.1) is 0 Å². The van der Waals surface area contributed by atoms with E-state index in [-0.39, 0.29) is 0 Å². The van der Waals surface area contributed by atoms with Crippen LogP contribution in [-0.2, 0) is 14.1 Å². The minimum atomic E-state index is 0.482. The van der Waals surface area contributed by atoms with E-state index in [1.807, 2.05) is 50.8 Å². The number of nitriles is 1. The van der Waals surface area contributed by atoms with Gasteiger partial charge in [0.15, 0.2) is 5.69 Å². The van der Waals surface area contributed by atoms with Crippen LogP contribution in [-0.4, -0.2) is 18.3 Å². The molecule has 0 spiro atoms. The number of aromatic nitrogens is 4. The number of benzene rings is 5. The normalized spacial score (nSPS) is 11.5. The summed E-state index contributed by atoms with van der Waals surface area (Å²) < 4.78 is 8.77. The lowest BCUT2D eigenvalue weighted by molar-refractivity contribution is 0.870. The van der Waals surface area contributed by atoms with Crippen LogP contribution in [0.2, 0.25) is 0 Å². The molecule has 0 aliphatic rings. The van der Waals surface area contributed by atoms with Crippen LogP contribution in [0.15, 0.2) is 134 Å². The van der Waals surface area contributed by atoms with E-state index in [2.05, 4.69) is 126 Å². The fourth-order valence-electron chi connectivity index (χ4n) is 7.55. The second kappa shape index (κ2) is 10.4. The molecule has 4 aromatic heterocycles. The van der Waals surface area contributed by atoms with Crippen molar-refractivity contribution >= 4 is 49.3 Å². The van der Waals surface area contributed by atoms with Crippen molar-refractivity contribution in [2.24, 2.45) is 14.1 Å². The Morgan fingerprint density at radius 1 is 0.542 bits per heavy atom. The van der Waals surface area contributed by atoms with Gasteiger partial charge in [-0.1, -0.05) is 72.8 Å². The third-order valence-electron chi connectivity index (χ3n) is 9.62. The molecule has 0 atom stereocenters. The average molecular weight is 617 g/mol. The number of aryl methyl sites for hydroxylation is 2. The van der Waals surface area contributed by atoms with Crippen LogP contribution in [0.25, 0.3) is 82.3 Å². The second-order valence-corrected chi connectivity index (χ2v) is 12.2. The largest absolute Gasteiger partial charge is 0.337 e. The van der Waals surface area contributed by atoms with Gasteiger partial charge in [0.05, 0.1) is 34.2 Å². The van der Waals surface area contributed by atoms with Gasteiger partial charge in [-0.2, -0.15) is 5.26 Å². The van der Waals surface area contributed by atoms with Crippen LogP contribution < -0.4 is 0 Å². The molecule has 0 bridgehead atoms. The highest BCUT2D eigenvalue weighted by molar-refractivity contribution is 6.16. The molecule has 0 N–H and O–H groups in total. The number of nitrogens with zero attached hydrogens (tertiary/aromatic N) is 6. The molecule has 0 aliphatic carbocycles. The van der Waals surface area contributed by atoms with Crippen molar-refractivity contribution < 1.29 is 0 Å². The topological polar surface area (TPSA) is 47.9 Å². The van der Waals surface area contributed by atoms with Crippen molar-refractivity contribution in [3.05, 3.63) is 151 Å². The van der Waals surface area contributed by atoms with Gasteiger partial charge < -0.3 is 9.13 Å². The van der Waals surface area contributed by atoms with Crippen molar-refractivity contribution in [2.45, 2.75) is 0 Å². The van der Waals surface area contributed by atoms with Gasteiger partial charge in [-0.05, 0) is 59.7 Å². The van der Waals surface area contributed by atoms with Crippen molar-refractivity contribution in [3.63, 3.8) is 0 Å². The summed E-state index contributed by atoms with van der Waals surface area (Å²) in [5.74, 6) is 2.04. The quantitative estimate of drug-likeness (QED) is 0.182. The molecule has 0 saturated heterocycles. The van der Waals surface area contributed by atoms with E-state index in [0.29, 0.717) is 11.3 Å². The maximum atomic E-state index is 11.1. The zero-order valence-electron chi connectivity index (χ0n) is 26.4. The number of fused-ring (bicyclic) bond motifs is 6. The van der Waals surface area contributed by atoms with Gasteiger partial charge in [0, 0.05) is 59.2 Å². The molecule has 6 heteroatoms. The maximum Gasteiger partial charge on any atom is 0.188 e. The summed E-state index contributed by atoms with van der Waals surface area (Å²) in [6.45, 7) is 8.18. The van der Waals surface area contributed by atoms with E-state index < -0.39 is 0 Å². The fraction of sp³-hybridized carbons (Fsp3) is 0.0476. The molecule has 0 unspecified atom stereocenters. The van der Waals surface area contributed by atoms with E-state index in [1.165, 1.54) is 0 Å². The van der Waals surface area contributed by atoms with Crippen molar-refractivity contribution in [3.8, 4) is 40.0 Å². The molecule has 48 heavy (non-hydrogen) atoms. The molecule has 0 saturated carbocycles. The molecule has 6 nitrogen and oxygen atoms in total. The number of rotatable bonds is 4. The van der Waals surface area contributed by atoms with Crippen LogP contribution in [0, 0.1) is 17.9 Å². The summed E-state index contributed by atoms with van der Waals surface area (Å²) >= 11 is 0.